The van der Waals surface area contributed by atoms with Crippen molar-refractivity contribution in [2.45, 2.75) is 5.75 Å². The van der Waals surface area contributed by atoms with Crippen LogP contribution >= 0.6 is 11.8 Å². The lowest BCUT2D eigenvalue weighted by atomic mass is 10.1. The summed E-state index contributed by atoms with van der Waals surface area (Å²) in [5.41, 5.74) is 1.31. The number of furan rings is 1. The highest BCUT2D eigenvalue weighted by atomic mass is 32.2. The van der Waals surface area contributed by atoms with Crippen molar-refractivity contribution in [3.63, 3.8) is 0 Å². The van der Waals surface area contributed by atoms with Gasteiger partial charge in [0.2, 0.25) is 0 Å². The molecule has 0 aliphatic carbocycles. The summed E-state index contributed by atoms with van der Waals surface area (Å²) in [6, 6.07) is 22.3. The van der Waals surface area contributed by atoms with E-state index in [4.69, 9.17) is 4.42 Å². The lowest BCUT2D eigenvalue weighted by Crippen LogP contribution is -2.31. The first kappa shape index (κ1) is 19.3. The largest absolute Gasteiger partial charge is 0.468 e. The minimum atomic E-state index is -0.421. The van der Waals surface area contributed by atoms with Gasteiger partial charge in [-0.2, -0.15) is 0 Å². The molecule has 2 amide bonds. The van der Waals surface area contributed by atoms with E-state index in [1.165, 1.54) is 40.9 Å². The summed E-state index contributed by atoms with van der Waals surface area (Å²) < 4.78 is 18.9. The Hall–Kier alpha value is -3.64. The molecule has 4 aromatic rings. The van der Waals surface area contributed by atoms with Gasteiger partial charge in [-0.1, -0.05) is 48.5 Å². The van der Waals surface area contributed by atoms with Gasteiger partial charge >= 0.3 is 0 Å². The Labute approximate surface area is 182 Å². The quantitative estimate of drug-likeness (QED) is 0.377. The number of benzene rings is 3. The van der Waals surface area contributed by atoms with Gasteiger partial charge in [0.05, 0.1) is 28.2 Å². The van der Waals surface area contributed by atoms with Crippen LogP contribution < -0.4 is 4.90 Å². The number of hydrogen-bond acceptors (Lipinski definition) is 4. The Morgan fingerprint density at radius 2 is 1.61 bits per heavy atom. The van der Waals surface area contributed by atoms with E-state index in [1.54, 1.807) is 18.4 Å². The third-order valence-corrected chi connectivity index (χ3v) is 6.22. The molecule has 0 fully saturated rings. The minimum Gasteiger partial charge on any atom is -0.468 e. The first-order valence-corrected chi connectivity index (χ1v) is 10.6. The highest BCUT2D eigenvalue weighted by Crippen LogP contribution is 2.41. The molecule has 0 saturated carbocycles. The van der Waals surface area contributed by atoms with Crippen molar-refractivity contribution in [2.24, 2.45) is 0 Å². The van der Waals surface area contributed by atoms with Crippen molar-refractivity contribution in [1.82, 2.24) is 0 Å². The van der Waals surface area contributed by atoms with Crippen LogP contribution in [0.1, 0.15) is 11.3 Å². The number of fused-ring (bicyclic) bond motifs is 1. The number of anilines is 1. The standard InChI is InChI=1S/C25H16FNO3S/c26-18-12-10-17(11-13-18)22-23(31-15-19-7-4-14-30-19)25(29)27(24(22)28)21-9-3-6-16-5-1-2-8-20(16)21/h1-14H,15H2. The predicted molar refractivity (Wildman–Crippen MR) is 120 cm³/mol. The Bertz CT molecular complexity index is 1320. The molecule has 0 atom stereocenters. The maximum Gasteiger partial charge on any atom is 0.272 e. The average molecular weight is 429 g/mol. The first-order chi connectivity index (χ1) is 15.1. The van der Waals surface area contributed by atoms with Gasteiger partial charge in [0.25, 0.3) is 11.8 Å². The van der Waals surface area contributed by atoms with Crippen LogP contribution in [0.25, 0.3) is 16.3 Å². The Morgan fingerprint density at radius 1 is 0.839 bits per heavy atom. The Kier molecular flexibility index (Phi) is 4.92. The van der Waals surface area contributed by atoms with Gasteiger partial charge in [0.15, 0.2) is 0 Å². The Balaban J connectivity index is 1.61. The number of hydrogen-bond donors (Lipinski definition) is 0. The molecule has 5 rings (SSSR count). The number of rotatable bonds is 5. The van der Waals surface area contributed by atoms with Gasteiger partial charge in [-0.15, -0.1) is 11.8 Å². The zero-order valence-electron chi connectivity index (χ0n) is 16.2. The molecule has 0 bridgehead atoms. The molecule has 0 spiro atoms. The molecular weight excluding hydrogens is 413 g/mol. The van der Waals surface area contributed by atoms with Crippen LogP contribution in [0, 0.1) is 5.82 Å². The van der Waals surface area contributed by atoms with E-state index >= 15 is 0 Å². The SMILES string of the molecule is O=C1C(SCc2ccco2)=C(c2ccc(F)cc2)C(=O)N1c1cccc2ccccc12. The van der Waals surface area contributed by atoms with Crippen LogP contribution in [0.3, 0.4) is 0 Å². The fraction of sp³-hybridized carbons (Fsp3) is 0.0400. The second-order valence-corrected chi connectivity index (χ2v) is 8.01. The molecule has 3 aromatic carbocycles. The fourth-order valence-corrected chi connectivity index (χ4v) is 4.69. The maximum atomic E-state index is 13.5. The smallest absolute Gasteiger partial charge is 0.272 e. The third kappa shape index (κ3) is 3.45. The van der Waals surface area contributed by atoms with Crippen molar-refractivity contribution in [3.8, 4) is 0 Å². The summed E-state index contributed by atoms with van der Waals surface area (Å²) in [4.78, 5) is 28.6. The molecule has 31 heavy (non-hydrogen) atoms. The number of nitrogens with zero attached hydrogens (tertiary/aromatic N) is 1. The lowest BCUT2D eigenvalue weighted by Gasteiger charge is -2.17. The van der Waals surface area contributed by atoms with Gasteiger partial charge < -0.3 is 4.42 Å². The van der Waals surface area contributed by atoms with E-state index in [1.807, 2.05) is 42.5 Å². The molecule has 6 heteroatoms. The van der Waals surface area contributed by atoms with Gasteiger partial charge in [0.1, 0.15) is 11.6 Å². The summed E-state index contributed by atoms with van der Waals surface area (Å²) in [6.45, 7) is 0. The van der Waals surface area contributed by atoms with E-state index in [0.717, 1.165) is 10.8 Å². The van der Waals surface area contributed by atoms with Gasteiger partial charge in [-0.25, -0.2) is 9.29 Å². The summed E-state index contributed by atoms with van der Waals surface area (Å²) in [5, 5.41) is 1.74. The minimum absolute atomic E-state index is 0.273. The van der Waals surface area contributed by atoms with Crippen LogP contribution in [0.15, 0.2) is 94.4 Å². The van der Waals surface area contributed by atoms with Crippen LogP contribution in [0.4, 0.5) is 10.1 Å². The van der Waals surface area contributed by atoms with E-state index in [-0.39, 0.29) is 5.57 Å². The number of carbonyl (C=O) groups excluding carboxylic acids is 2. The summed E-state index contributed by atoms with van der Waals surface area (Å²) in [7, 11) is 0. The maximum absolute atomic E-state index is 13.5. The van der Waals surface area contributed by atoms with Crippen LogP contribution in [0.5, 0.6) is 0 Å². The highest BCUT2D eigenvalue weighted by Gasteiger charge is 2.40. The fourth-order valence-electron chi connectivity index (χ4n) is 3.67. The number of carbonyl (C=O) groups is 2. The summed E-state index contributed by atoms with van der Waals surface area (Å²) in [5.74, 6) is -0.126. The molecular formula is C25H16FNO3S. The number of halogens is 1. The van der Waals surface area contributed by atoms with E-state index in [2.05, 4.69) is 0 Å². The third-order valence-electron chi connectivity index (χ3n) is 5.12. The second-order valence-electron chi connectivity index (χ2n) is 7.02. The topological polar surface area (TPSA) is 50.5 Å². The normalized spacial score (nSPS) is 14.2. The number of thioether (sulfide) groups is 1. The van der Waals surface area contributed by atoms with E-state index < -0.39 is 17.6 Å². The highest BCUT2D eigenvalue weighted by molar-refractivity contribution is 8.03. The monoisotopic (exact) mass is 429 g/mol. The van der Waals surface area contributed by atoms with E-state index in [9.17, 15) is 14.0 Å². The zero-order chi connectivity index (χ0) is 21.4. The van der Waals surface area contributed by atoms with Crippen LogP contribution in [-0.4, -0.2) is 11.8 Å². The second kappa shape index (κ2) is 7.89. The lowest BCUT2D eigenvalue weighted by molar-refractivity contribution is -0.119. The van der Waals surface area contributed by atoms with Crippen LogP contribution in [-0.2, 0) is 15.3 Å². The Morgan fingerprint density at radius 3 is 2.39 bits per heavy atom. The van der Waals surface area contributed by atoms with Gasteiger partial charge in [0, 0.05) is 5.39 Å². The molecule has 4 nitrogen and oxygen atoms in total. The molecule has 1 aliphatic rings. The molecule has 1 aliphatic heterocycles. The first-order valence-electron chi connectivity index (χ1n) is 9.65. The molecule has 0 radical (unpaired) electrons. The van der Waals surface area contributed by atoms with Gasteiger partial charge in [-0.3, -0.25) is 9.59 Å². The molecule has 0 N–H and O–H groups in total. The molecule has 0 saturated heterocycles. The van der Waals surface area contributed by atoms with E-state index in [0.29, 0.717) is 27.7 Å². The molecule has 0 unspecified atom stereocenters. The predicted octanol–water partition coefficient (Wildman–Crippen LogP) is 5.79. The van der Waals surface area contributed by atoms with Crippen molar-refractivity contribution in [2.75, 3.05) is 4.90 Å². The summed E-state index contributed by atoms with van der Waals surface area (Å²) in [6.07, 6.45) is 1.56. The van der Waals surface area contributed by atoms with Crippen molar-refractivity contribution in [3.05, 3.63) is 107 Å². The molecule has 152 valence electrons. The van der Waals surface area contributed by atoms with Crippen molar-refractivity contribution in [1.29, 1.82) is 0 Å². The summed E-state index contributed by atoms with van der Waals surface area (Å²) >= 11 is 1.24. The van der Waals surface area contributed by atoms with Gasteiger partial charge in [-0.05, 0) is 41.3 Å². The van der Waals surface area contributed by atoms with Crippen LogP contribution in [0.2, 0.25) is 0 Å². The zero-order valence-corrected chi connectivity index (χ0v) is 17.1. The molecule has 1 aromatic heterocycles. The number of amides is 2. The van der Waals surface area contributed by atoms with Crippen molar-refractivity contribution >= 4 is 45.6 Å². The molecule has 2 heterocycles. The average Bonchev–Trinajstić information content (AvgIpc) is 3.39. The van der Waals surface area contributed by atoms with Crippen molar-refractivity contribution < 1.29 is 18.4 Å². The number of imide groups is 1.